The van der Waals surface area contributed by atoms with E-state index < -0.39 is 56.3 Å². The molecule has 4 N–H and O–H groups in total. The summed E-state index contributed by atoms with van der Waals surface area (Å²) in [6.45, 7) is -0.971. The molecule has 0 spiro atoms. The first-order chi connectivity index (χ1) is 10.6. The minimum atomic E-state index is -1.34. The monoisotopic (exact) mass is 360 g/mol. The van der Waals surface area contributed by atoms with Crippen molar-refractivity contribution in [1.29, 1.82) is 0 Å². The Morgan fingerprint density at radius 1 is 0.833 bits per heavy atom. The Morgan fingerprint density at radius 3 is 1.46 bits per heavy atom. The van der Waals surface area contributed by atoms with Gasteiger partial charge in [-0.25, -0.2) is 0 Å². The summed E-state index contributed by atoms with van der Waals surface area (Å²) in [6.07, 6.45) is -1.34. The second-order valence-electron chi connectivity index (χ2n) is 4.69. The molecule has 1 unspecified atom stereocenters. The Kier molecular flexibility index (Phi) is 13.6. The van der Waals surface area contributed by atoms with Gasteiger partial charge in [-0.2, -0.15) is 0 Å². The average Bonchev–Trinajstić information content (AvgIpc) is 2.32. The number of nitrogens with zero attached hydrogens (tertiary/aromatic N) is 2. The van der Waals surface area contributed by atoms with Crippen LogP contribution in [0.25, 0.3) is 0 Å². The summed E-state index contributed by atoms with van der Waals surface area (Å²) in [5, 5.41) is 35.1. The zero-order chi connectivity index (χ0) is 18.0. The fourth-order valence-electron chi connectivity index (χ4n) is 1.69. The third-order valence-corrected chi connectivity index (χ3v) is 2.46. The Balaban J connectivity index is 0. The zero-order valence-corrected chi connectivity index (χ0v) is 12.5. The van der Waals surface area contributed by atoms with E-state index in [2.05, 4.69) is 4.74 Å². The van der Waals surface area contributed by atoms with Gasteiger partial charge < -0.3 is 25.2 Å². The van der Waals surface area contributed by atoms with Gasteiger partial charge in [0, 0.05) is 13.1 Å². The van der Waals surface area contributed by atoms with Crippen LogP contribution in [0.15, 0.2) is 0 Å². The maximum atomic E-state index is 11.4. The number of carbonyl (C=O) groups excluding carboxylic acids is 1. The Bertz CT molecular complexity index is 428. The van der Waals surface area contributed by atoms with Gasteiger partial charge in [-0.05, 0) is 6.92 Å². The fourth-order valence-corrected chi connectivity index (χ4v) is 1.69. The predicted molar refractivity (Wildman–Crippen MR) is 80.7 cm³/mol. The number of carboxylic acid groups (broad SMARTS) is 3. The average molecular weight is 360 g/mol. The van der Waals surface area contributed by atoms with Gasteiger partial charge in [0.1, 0.15) is 0 Å². The molecular weight excluding hydrogens is 339 g/mol. The summed E-state index contributed by atoms with van der Waals surface area (Å²) < 4.78 is 4.48. The van der Waals surface area contributed by atoms with Gasteiger partial charge in [0.15, 0.2) is 6.29 Å². The van der Waals surface area contributed by atoms with Gasteiger partial charge in [0.05, 0.1) is 26.2 Å². The van der Waals surface area contributed by atoms with Gasteiger partial charge in [-0.1, -0.05) is 0 Å². The van der Waals surface area contributed by atoms with E-state index in [1.165, 1.54) is 6.92 Å². The first kappa shape index (κ1) is 25.0. The van der Waals surface area contributed by atoms with Crippen molar-refractivity contribution in [3.8, 4) is 0 Å². The van der Waals surface area contributed by atoms with Crippen LogP contribution < -0.4 is 0 Å². The van der Waals surface area contributed by atoms with Crippen molar-refractivity contribution in [1.82, 2.24) is 9.80 Å². The summed E-state index contributed by atoms with van der Waals surface area (Å²) in [4.78, 5) is 45.8. The number of ether oxygens (including phenoxy) is 1. The third kappa shape index (κ3) is 14.4. The number of aliphatic hydroxyl groups excluding tert-OH is 1. The molecule has 11 nitrogen and oxygen atoms in total. The van der Waals surface area contributed by atoms with E-state index >= 15 is 0 Å². The quantitative estimate of drug-likeness (QED) is 0.160. The van der Waals surface area contributed by atoms with Crippen LogP contribution in [0.1, 0.15) is 6.92 Å². The molecule has 0 aromatic rings. The number of esters is 1. The van der Waals surface area contributed by atoms with Gasteiger partial charge in [-0.3, -0.25) is 29.0 Å². The Morgan fingerprint density at radius 2 is 1.17 bits per heavy atom. The number of aliphatic hydroxyl groups is 1. The van der Waals surface area contributed by atoms with Crippen LogP contribution in [0.2, 0.25) is 0 Å². The maximum absolute atomic E-state index is 11.4. The summed E-state index contributed by atoms with van der Waals surface area (Å²) in [7, 11) is 0. The van der Waals surface area contributed by atoms with Gasteiger partial charge in [-0.15, -0.1) is 0 Å². The summed E-state index contributed by atoms with van der Waals surface area (Å²) >= 11 is 0. The van der Waals surface area contributed by atoms with Crippen LogP contribution in [-0.4, -0.2) is 129 Å². The molecule has 12 heteroatoms. The molecule has 24 heavy (non-hydrogen) atoms. The minimum absolute atomic E-state index is 0. The van der Waals surface area contributed by atoms with E-state index in [1.54, 1.807) is 0 Å². The van der Waals surface area contributed by atoms with Crippen LogP contribution in [0.4, 0.5) is 0 Å². The molecule has 0 saturated carbocycles. The van der Waals surface area contributed by atoms with Crippen molar-refractivity contribution in [3.63, 3.8) is 0 Å². The van der Waals surface area contributed by atoms with Crippen molar-refractivity contribution in [2.24, 2.45) is 0 Å². The van der Waals surface area contributed by atoms with E-state index in [0.717, 1.165) is 9.80 Å². The normalized spacial score (nSPS) is 11.7. The second kappa shape index (κ2) is 13.1. The summed E-state index contributed by atoms with van der Waals surface area (Å²) in [5.41, 5.74) is 0. The van der Waals surface area contributed by atoms with Crippen LogP contribution in [0, 0.1) is 0 Å². The molecule has 0 fully saturated rings. The molecule has 0 radical (unpaired) electrons. The molecular formula is C12H21N2NaO9. The molecule has 0 rings (SSSR count). The van der Waals surface area contributed by atoms with Gasteiger partial charge >= 0.3 is 53.4 Å². The number of carbonyl (C=O) groups is 4. The fraction of sp³-hybridized carbons (Fsp3) is 0.667. The Labute approximate surface area is 160 Å². The molecule has 0 aliphatic heterocycles. The van der Waals surface area contributed by atoms with Crippen LogP contribution in [-0.2, 0) is 23.9 Å². The van der Waals surface area contributed by atoms with Crippen molar-refractivity contribution < 1.29 is 44.3 Å². The first-order valence-electron chi connectivity index (χ1n) is 6.57. The number of hydrogen-bond acceptors (Lipinski definition) is 8. The zero-order valence-electron chi connectivity index (χ0n) is 12.5. The third-order valence-electron chi connectivity index (χ3n) is 2.46. The number of hydrogen-bond donors (Lipinski definition) is 4. The molecule has 0 saturated heterocycles. The molecule has 0 aromatic heterocycles. The van der Waals surface area contributed by atoms with E-state index in [9.17, 15) is 19.2 Å². The summed E-state index contributed by atoms with van der Waals surface area (Å²) in [5.74, 6) is -4.55. The van der Waals surface area contributed by atoms with Crippen LogP contribution in [0.5, 0.6) is 0 Å². The van der Waals surface area contributed by atoms with Crippen molar-refractivity contribution >= 4 is 53.4 Å². The molecule has 0 amide bonds. The standard InChI is InChI=1S/C12H20N2O9.Na.H/c1-8(15)23-12(22)7-14(6-11(20)21)3-2-13(4-9(16)17)5-10(18)19;;/h8,15H,2-7H2,1H3,(H,16,17)(H,18,19)(H,20,21);;. The first-order valence-corrected chi connectivity index (χ1v) is 6.57. The summed E-state index contributed by atoms with van der Waals surface area (Å²) in [6, 6.07) is 0. The molecule has 0 aliphatic carbocycles. The van der Waals surface area contributed by atoms with Crippen LogP contribution in [0.3, 0.4) is 0 Å². The molecule has 0 aromatic carbocycles. The van der Waals surface area contributed by atoms with Gasteiger partial charge in [0.2, 0.25) is 0 Å². The molecule has 0 bridgehead atoms. The van der Waals surface area contributed by atoms with Crippen LogP contribution >= 0.6 is 0 Å². The topological polar surface area (TPSA) is 165 Å². The number of aliphatic carboxylic acids is 3. The van der Waals surface area contributed by atoms with Crippen molar-refractivity contribution in [2.75, 3.05) is 39.3 Å². The van der Waals surface area contributed by atoms with Gasteiger partial charge in [0.25, 0.3) is 0 Å². The SMILES string of the molecule is CC(O)OC(=O)CN(CCN(CC(=O)O)CC(=O)O)CC(=O)O.[NaH]. The van der Waals surface area contributed by atoms with E-state index in [1.807, 2.05) is 0 Å². The second-order valence-corrected chi connectivity index (χ2v) is 4.69. The number of carboxylic acids is 3. The van der Waals surface area contributed by atoms with Crippen molar-refractivity contribution in [2.45, 2.75) is 13.2 Å². The number of rotatable bonds is 12. The molecule has 0 aliphatic rings. The molecule has 1 atom stereocenters. The van der Waals surface area contributed by atoms with E-state index in [0.29, 0.717) is 0 Å². The van der Waals surface area contributed by atoms with E-state index in [-0.39, 0.29) is 42.6 Å². The van der Waals surface area contributed by atoms with Crippen molar-refractivity contribution in [3.05, 3.63) is 0 Å². The van der Waals surface area contributed by atoms with E-state index in [4.69, 9.17) is 20.4 Å². The molecule has 0 heterocycles. The predicted octanol–water partition coefficient (Wildman–Crippen LogP) is -2.92. The molecule has 134 valence electrons. The Hall–Kier alpha value is -1.24.